The minimum Gasteiger partial charge on any atom is -0.497 e. The Morgan fingerprint density at radius 1 is 0.968 bits per heavy atom. The van der Waals surface area contributed by atoms with Gasteiger partial charge in [0.2, 0.25) is 11.6 Å². The van der Waals surface area contributed by atoms with E-state index in [1.807, 2.05) is 0 Å². The molecule has 0 spiro atoms. The number of para-hydroxylation sites is 1. The lowest BCUT2D eigenvalue weighted by Gasteiger charge is -2.15. The van der Waals surface area contributed by atoms with Crippen molar-refractivity contribution in [3.8, 4) is 11.5 Å². The number of hydrogen-bond donors (Lipinski definition) is 2. The molecule has 0 unspecified atom stereocenters. The molecular formula is C19H16F3N5O4. The van der Waals surface area contributed by atoms with Crippen molar-refractivity contribution in [2.24, 2.45) is 0 Å². The molecule has 0 aliphatic rings. The lowest BCUT2D eigenvalue weighted by atomic mass is 10.1. The second-order valence-electron chi connectivity index (χ2n) is 6.04. The summed E-state index contributed by atoms with van der Waals surface area (Å²) in [6, 6.07) is 9.31. The fourth-order valence-corrected chi connectivity index (χ4v) is 2.74. The summed E-state index contributed by atoms with van der Waals surface area (Å²) in [5.41, 5.74) is -1.73. The predicted molar refractivity (Wildman–Crippen MR) is 106 cm³/mol. The Kier molecular flexibility index (Phi) is 6.09. The van der Waals surface area contributed by atoms with Crippen LogP contribution in [0.4, 0.5) is 41.9 Å². The second kappa shape index (κ2) is 8.73. The van der Waals surface area contributed by atoms with E-state index < -0.39 is 28.2 Å². The first-order valence-corrected chi connectivity index (χ1v) is 8.66. The summed E-state index contributed by atoms with van der Waals surface area (Å²) in [5.74, 6) is 0.114. The lowest BCUT2D eigenvalue weighted by molar-refractivity contribution is -0.383. The van der Waals surface area contributed by atoms with E-state index in [1.165, 1.54) is 32.4 Å². The first kappa shape index (κ1) is 21.6. The Hall–Kier alpha value is -4.09. The van der Waals surface area contributed by atoms with Crippen LogP contribution in [-0.2, 0) is 6.18 Å². The highest BCUT2D eigenvalue weighted by atomic mass is 19.4. The molecule has 0 atom stereocenters. The summed E-state index contributed by atoms with van der Waals surface area (Å²) >= 11 is 0. The minimum absolute atomic E-state index is 0.251. The van der Waals surface area contributed by atoms with Crippen LogP contribution < -0.4 is 20.1 Å². The SMILES string of the molecule is COc1ccc(OC)c(Nc2ncnc(Nc3ccccc3C(F)(F)F)c2[N+](=O)[O-])c1. The molecule has 0 radical (unpaired) electrons. The van der Waals surface area contributed by atoms with Gasteiger partial charge in [-0.05, 0) is 24.3 Å². The summed E-state index contributed by atoms with van der Waals surface area (Å²) in [5, 5.41) is 16.9. The van der Waals surface area contributed by atoms with E-state index in [9.17, 15) is 23.3 Å². The number of ether oxygens (including phenoxy) is 2. The highest BCUT2D eigenvalue weighted by Gasteiger charge is 2.34. The number of benzene rings is 2. The van der Waals surface area contributed by atoms with Crippen molar-refractivity contribution in [1.82, 2.24) is 9.97 Å². The van der Waals surface area contributed by atoms with Crippen LogP contribution in [0, 0.1) is 10.1 Å². The zero-order valence-corrected chi connectivity index (χ0v) is 16.2. The lowest BCUT2D eigenvalue weighted by Crippen LogP contribution is -2.11. The van der Waals surface area contributed by atoms with Gasteiger partial charge >= 0.3 is 11.9 Å². The molecule has 9 nitrogen and oxygen atoms in total. The molecule has 162 valence electrons. The summed E-state index contributed by atoms with van der Waals surface area (Å²) in [6.45, 7) is 0. The maximum Gasteiger partial charge on any atom is 0.418 e. The predicted octanol–water partition coefficient (Wildman–Crippen LogP) is 4.91. The summed E-state index contributed by atoms with van der Waals surface area (Å²) < 4.78 is 50.2. The van der Waals surface area contributed by atoms with Crippen LogP contribution in [0.2, 0.25) is 0 Å². The van der Waals surface area contributed by atoms with Gasteiger partial charge in [-0.3, -0.25) is 10.1 Å². The molecule has 0 aliphatic heterocycles. The average Bonchev–Trinajstić information content (AvgIpc) is 2.73. The monoisotopic (exact) mass is 435 g/mol. The van der Waals surface area contributed by atoms with Crippen LogP contribution >= 0.6 is 0 Å². The highest BCUT2D eigenvalue weighted by Crippen LogP contribution is 2.39. The van der Waals surface area contributed by atoms with Gasteiger partial charge in [0, 0.05) is 6.07 Å². The molecule has 0 bridgehead atoms. The van der Waals surface area contributed by atoms with E-state index >= 15 is 0 Å². The van der Waals surface area contributed by atoms with E-state index in [4.69, 9.17) is 9.47 Å². The fourth-order valence-electron chi connectivity index (χ4n) is 2.74. The highest BCUT2D eigenvalue weighted by molar-refractivity contribution is 5.79. The molecule has 12 heteroatoms. The first-order chi connectivity index (χ1) is 14.7. The molecule has 1 heterocycles. The number of alkyl halides is 3. The number of hydrogen-bond acceptors (Lipinski definition) is 8. The van der Waals surface area contributed by atoms with E-state index in [-0.39, 0.29) is 11.5 Å². The number of nitrogens with one attached hydrogen (secondary N) is 2. The maximum absolute atomic E-state index is 13.3. The third-order valence-electron chi connectivity index (χ3n) is 4.15. The van der Waals surface area contributed by atoms with E-state index in [1.54, 1.807) is 12.1 Å². The van der Waals surface area contributed by atoms with Crippen molar-refractivity contribution < 1.29 is 27.6 Å². The van der Waals surface area contributed by atoms with Gasteiger partial charge in [-0.25, -0.2) is 9.97 Å². The van der Waals surface area contributed by atoms with Gasteiger partial charge < -0.3 is 20.1 Å². The van der Waals surface area contributed by atoms with E-state index in [0.29, 0.717) is 17.2 Å². The third-order valence-corrected chi connectivity index (χ3v) is 4.15. The molecule has 0 saturated heterocycles. The van der Waals surface area contributed by atoms with Gasteiger partial charge in [-0.1, -0.05) is 12.1 Å². The second-order valence-corrected chi connectivity index (χ2v) is 6.04. The molecule has 0 saturated carbocycles. The smallest absolute Gasteiger partial charge is 0.418 e. The van der Waals surface area contributed by atoms with Crippen LogP contribution in [0.5, 0.6) is 11.5 Å². The van der Waals surface area contributed by atoms with Crippen LogP contribution in [0.15, 0.2) is 48.8 Å². The zero-order valence-electron chi connectivity index (χ0n) is 16.2. The Morgan fingerprint density at radius 2 is 1.61 bits per heavy atom. The van der Waals surface area contributed by atoms with Crippen LogP contribution in [-0.4, -0.2) is 29.1 Å². The van der Waals surface area contributed by atoms with Crippen molar-refractivity contribution in [2.75, 3.05) is 24.9 Å². The van der Waals surface area contributed by atoms with Gasteiger partial charge in [0.05, 0.1) is 36.1 Å². The number of nitrogens with zero attached hydrogens (tertiary/aromatic N) is 3. The molecule has 3 aromatic rings. The number of rotatable bonds is 7. The van der Waals surface area contributed by atoms with Crippen LogP contribution in [0.25, 0.3) is 0 Å². The Balaban J connectivity index is 2.06. The quantitative estimate of drug-likeness (QED) is 0.398. The number of methoxy groups -OCH3 is 2. The van der Waals surface area contributed by atoms with Gasteiger partial charge in [-0.2, -0.15) is 13.2 Å². The summed E-state index contributed by atoms with van der Waals surface area (Å²) in [7, 11) is 2.85. The molecule has 0 aliphatic carbocycles. The Morgan fingerprint density at radius 3 is 2.19 bits per heavy atom. The van der Waals surface area contributed by atoms with Crippen molar-refractivity contribution in [3.63, 3.8) is 0 Å². The minimum atomic E-state index is -4.67. The van der Waals surface area contributed by atoms with Gasteiger partial charge in [0.15, 0.2) is 0 Å². The molecule has 2 N–H and O–H groups in total. The zero-order chi connectivity index (χ0) is 22.6. The van der Waals surface area contributed by atoms with E-state index in [2.05, 4.69) is 20.6 Å². The molecule has 31 heavy (non-hydrogen) atoms. The van der Waals surface area contributed by atoms with Gasteiger partial charge in [-0.15, -0.1) is 0 Å². The Labute approximate surface area is 174 Å². The summed E-state index contributed by atoms with van der Waals surface area (Å²) in [4.78, 5) is 18.6. The molecule has 0 fully saturated rings. The first-order valence-electron chi connectivity index (χ1n) is 8.66. The van der Waals surface area contributed by atoms with Crippen LogP contribution in [0.1, 0.15) is 5.56 Å². The standard InChI is InChI=1S/C19H16F3N5O4/c1-30-11-7-8-15(31-2)14(9-11)26-18-16(27(28)29)17(23-10-24-18)25-13-6-4-3-5-12(13)19(20,21)22/h3-10H,1-2H3,(H2,23,24,25,26). The largest absolute Gasteiger partial charge is 0.497 e. The van der Waals surface area contributed by atoms with Crippen molar-refractivity contribution in [3.05, 3.63) is 64.5 Å². The molecule has 1 aromatic heterocycles. The summed E-state index contributed by atoms with van der Waals surface area (Å²) in [6.07, 6.45) is -3.68. The number of nitro groups is 1. The molecular weight excluding hydrogens is 419 g/mol. The van der Waals surface area contributed by atoms with Gasteiger partial charge in [0.1, 0.15) is 17.8 Å². The topological polar surface area (TPSA) is 111 Å². The average molecular weight is 435 g/mol. The molecule has 0 amide bonds. The van der Waals surface area contributed by atoms with Crippen LogP contribution in [0.3, 0.4) is 0 Å². The van der Waals surface area contributed by atoms with Crippen molar-refractivity contribution in [2.45, 2.75) is 6.18 Å². The van der Waals surface area contributed by atoms with Crippen molar-refractivity contribution >= 4 is 28.7 Å². The number of anilines is 4. The fraction of sp³-hybridized carbons (Fsp3) is 0.158. The van der Waals surface area contributed by atoms with Gasteiger partial charge in [0.25, 0.3) is 0 Å². The van der Waals surface area contributed by atoms with E-state index in [0.717, 1.165) is 18.5 Å². The normalized spacial score (nSPS) is 11.0. The Bertz CT molecular complexity index is 1110. The number of halogens is 3. The molecule has 2 aromatic carbocycles. The molecule has 3 rings (SSSR count). The maximum atomic E-state index is 13.3. The van der Waals surface area contributed by atoms with Crippen molar-refractivity contribution in [1.29, 1.82) is 0 Å². The number of aromatic nitrogens is 2. The third kappa shape index (κ3) is 4.74.